The first kappa shape index (κ1) is 16.3. The Hall–Kier alpha value is -2.20. The maximum atomic E-state index is 5.65. The zero-order valence-electron chi connectivity index (χ0n) is 15.0. The van der Waals surface area contributed by atoms with E-state index in [1.807, 2.05) is 0 Å². The number of nitrogens with zero attached hydrogens (tertiary/aromatic N) is 1. The number of benzene rings is 2. The number of methoxy groups -OCH3 is 1. The fourth-order valence-corrected chi connectivity index (χ4v) is 3.97. The predicted molar refractivity (Wildman–Crippen MR) is 97.5 cm³/mol. The lowest BCUT2D eigenvalue weighted by Gasteiger charge is -2.35. The van der Waals surface area contributed by atoms with E-state index in [0.717, 1.165) is 36.6 Å². The van der Waals surface area contributed by atoms with Gasteiger partial charge in [-0.1, -0.05) is 30.3 Å². The first-order valence-corrected chi connectivity index (χ1v) is 8.98. The van der Waals surface area contributed by atoms with Crippen LogP contribution in [0.15, 0.2) is 36.4 Å². The standard InChI is InChI=1S/C21H25NO3/c1-22-13-18-16(12-19-21(20(18)23-2)25-14-24-19)11-17(22)10-6-9-15-7-4-3-5-8-15/h3-5,7-8,12,17H,6,9-11,13-14H2,1-2H3. The number of hydrogen-bond acceptors (Lipinski definition) is 4. The highest BCUT2D eigenvalue weighted by molar-refractivity contribution is 5.60. The molecule has 2 aromatic carbocycles. The van der Waals surface area contributed by atoms with Gasteiger partial charge in [-0.2, -0.15) is 0 Å². The van der Waals surface area contributed by atoms with Gasteiger partial charge < -0.3 is 14.2 Å². The van der Waals surface area contributed by atoms with Gasteiger partial charge >= 0.3 is 0 Å². The Labute approximate surface area is 149 Å². The van der Waals surface area contributed by atoms with E-state index >= 15 is 0 Å². The Morgan fingerprint density at radius 2 is 2.04 bits per heavy atom. The average Bonchev–Trinajstić information content (AvgIpc) is 3.09. The highest BCUT2D eigenvalue weighted by Gasteiger charge is 2.31. The minimum absolute atomic E-state index is 0.283. The van der Waals surface area contributed by atoms with Crippen molar-refractivity contribution in [3.63, 3.8) is 0 Å². The first-order chi connectivity index (χ1) is 12.3. The van der Waals surface area contributed by atoms with Crippen LogP contribution < -0.4 is 14.2 Å². The molecule has 0 aliphatic carbocycles. The Kier molecular flexibility index (Phi) is 4.53. The molecule has 0 aromatic heterocycles. The maximum Gasteiger partial charge on any atom is 0.231 e. The minimum Gasteiger partial charge on any atom is -0.492 e. The monoisotopic (exact) mass is 339 g/mol. The fourth-order valence-electron chi connectivity index (χ4n) is 3.97. The molecule has 0 saturated heterocycles. The van der Waals surface area contributed by atoms with E-state index in [9.17, 15) is 0 Å². The molecule has 4 rings (SSSR count). The molecule has 1 atom stereocenters. The van der Waals surface area contributed by atoms with E-state index in [-0.39, 0.29) is 6.79 Å². The maximum absolute atomic E-state index is 5.65. The minimum atomic E-state index is 0.283. The van der Waals surface area contributed by atoms with Gasteiger partial charge in [-0.3, -0.25) is 4.90 Å². The molecule has 0 fully saturated rings. The van der Waals surface area contributed by atoms with Gasteiger partial charge in [-0.05, 0) is 49.9 Å². The summed E-state index contributed by atoms with van der Waals surface area (Å²) in [6.45, 7) is 1.18. The van der Waals surface area contributed by atoms with Gasteiger partial charge in [0.1, 0.15) is 0 Å². The van der Waals surface area contributed by atoms with Crippen LogP contribution in [0, 0.1) is 0 Å². The summed E-state index contributed by atoms with van der Waals surface area (Å²) in [7, 11) is 3.92. The molecular weight excluding hydrogens is 314 g/mol. The SMILES string of the molecule is COc1c2c(cc3c1OCO3)CC(CCCc1ccccc1)N(C)C2. The second-order valence-corrected chi connectivity index (χ2v) is 6.93. The third kappa shape index (κ3) is 3.19. The number of ether oxygens (including phenoxy) is 3. The highest BCUT2D eigenvalue weighted by atomic mass is 16.7. The molecule has 0 N–H and O–H groups in total. The molecule has 25 heavy (non-hydrogen) atoms. The lowest BCUT2D eigenvalue weighted by atomic mass is 9.90. The Bertz CT molecular complexity index is 745. The second kappa shape index (κ2) is 6.96. The van der Waals surface area contributed by atoms with Crippen molar-refractivity contribution in [3.05, 3.63) is 53.1 Å². The van der Waals surface area contributed by atoms with Gasteiger partial charge in [-0.25, -0.2) is 0 Å². The van der Waals surface area contributed by atoms with Crippen LogP contribution in [0.3, 0.4) is 0 Å². The van der Waals surface area contributed by atoms with Crippen molar-refractivity contribution in [2.24, 2.45) is 0 Å². The van der Waals surface area contributed by atoms with Gasteiger partial charge in [-0.15, -0.1) is 0 Å². The second-order valence-electron chi connectivity index (χ2n) is 6.93. The van der Waals surface area contributed by atoms with E-state index in [1.54, 1.807) is 7.11 Å². The van der Waals surface area contributed by atoms with Crippen molar-refractivity contribution in [1.29, 1.82) is 0 Å². The van der Waals surface area contributed by atoms with Gasteiger partial charge in [0, 0.05) is 18.2 Å². The van der Waals surface area contributed by atoms with Crippen LogP contribution in [0.2, 0.25) is 0 Å². The summed E-state index contributed by atoms with van der Waals surface area (Å²) in [4.78, 5) is 2.44. The molecule has 2 heterocycles. The van der Waals surface area contributed by atoms with Crippen LogP contribution >= 0.6 is 0 Å². The summed E-state index contributed by atoms with van der Waals surface area (Å²) in [5.41, 5.74) is 4.00. The van der Waals surface area contributed by atoms with Gasteiger partial charge in [0.2, 0.25) is 12.5 Å². The highest BCUT2D eigenvalue weighted by Crippen LogP contribution is 2.47. The number of aryl methyl sites for hydroxylation is 1. The third-order valence-corrected chi connectivity index (χ3v) is 5.35. The van der Waals surface area contributed by atoms with Crippen LogP contribution in [0.5, 0.6) is 17.2 Å². The summed E-state index contributed by atoms with van der Waals surface area (Å²) in [5.74, 6) is 2.43. The third-order valence-electron chi connectivity index (χ3n) is 5.35. The molecule has 4 nitrogen and oxygen atoms in total. The van der Waals surface area contributed by atoms with E-state index in [0.29, 0.717) is 6.04 Å². The van der Waals surface area contributed by atoms with Crippen molar-refractivity contribution in [1.82, 2.24) is 4.90 Å². The van der Waals surface area contributed by atoms with Crippen molar-refractivity contribution in [2.45, 2.75) is 38.3 Å². The van der Waals surface area contributed by atoms with Crippen LogP contribution in [-0.2, 0) is 19.4 Å². The van der Waals surface area contributed by atoms with Crippen molar-refractivity contribution in [3.8, 4) is 17.2 Å². The average molecular weight is 339 g/mol. The Morgan fingerprint density at radius 3 is 2.84 bits per heavy atom. The van der Waals surface area contributed by atoms with Gasteiger partial charge in [0.25, 0.3) is 0 Å². The zero-order valence-corrected chi connectivity index (χ0v) is 15.0. The quantitative estimate of drug-likeness (QED) is 0.829. The van der Waals surface area contributed by atoms with Crippen molar-refractivity contribution < 1.29 is 14.2 Å². The number of hydrogen-bond donors (Lipinski definition) is 0. The van der Waals surface area contributed by atoms with Crippen LogP contribution in [0.25, 0.3) is 0 Å². The molecule has 132 valence electrons. The van der Waals surface area contributed by atoms with Crippen LogP contribution in [0.4, 0.5) is 0 Å². The first-order valence-electron chi connectivity index (χ1n) is 8.98. The predicted octanol–water partition coefficient (Wildman–Crippen LogP) is 3.80. The summed E-state index contributed by atoms with van der Waals surface area (Å²) in [6, 6.07) is 13.4. The van der Waals surface area contributed by atoms with Crippen LogP contribution in [-0.4, -0.2) is 31.9 Å². The molecule has 2 aliphatic heterocycles. The summed E-state index contributed by atoms with van der Waals surface area (Å²) >= 11 is 0. The van der Waals surface area contributed by atoms with E-state index < -0.39 is 0 Å². The molecule has 0 bridgehead atoms. The molecular formula is C21H25NO3. The molecule has 2 aliphatic rings. The molecule has 0 amide bonds. The zero-order chi connectivity index (χ0) is 17.2. The van der Waals surface area contributed by atoms with Crippen LogP contribution in [0.1, 0.15) is 29.5 Å². The van der Waals surface area contributed by atoms with E-state index in [4.69, 9.17) is 14.2 Å². The Morgan fingerprint density at radius 1 is 1.20 bits per heavy atom. The topological polar surface area (TPSA) is 30.9 Å². The number of fused-ring (bicyclic) bond motifs is 2. The number of likely N-dealkylation sites (N-methyl/N-ethyl adjacent to an activating group) is 1. The molecule has 0 spiro atoms. The van der Waals surface area contributed by atoms with Crippen molar-refractivity contribution in [2.75, 3.05) is 21.0 Å². The van der Waals surface area contributed by atoms with E-state index in [2.05, 4.69) is 48.3 Å². The molecule has 0 saturated carbocycles. The van der Waals surface area contributed by atoms with Gasteiger partial charge in [0.15, 0.2) is 11.5 Å². The molecule has 0 radical (unpaired) electrons. The molecule has 4 heteroatoms. The van der Waals surface area contributed by atoms with Gasteiger partial charge in [0.05, 0.1) is 7.11 Å². The summed E-state index contributed by atoms with van der Waals surface area (Å²) in [5, 5.41) is 0. The fraction of sp³-hybridized carbons (Fsp3) is 0.429. The molecule has 2 aromatic rings. The van der Waals surface area contributed by atoms with Crippen molar-refractivity contribution >= 4 is 0 Å². The smallest absolute Gasteiger partial charge is 0.231 e. The summed E-state index contributed by atoms with van der Waals surface area (Å²) < 4.78 is 16.8. The molecule has 1 unspecified atom stereocenters. The normalized spacial score (nSPS) is 18.9. The summed E-state index contributed by atoms with van der Waals surface area (Å²) in [6.07, 6.45) is 4.58. The van der Waals surface area contributed by atoms with E-state index in [1.165, 1.54) is 29.5 Å². The Balaban J connectivity index is 1.47. The largest absolute Gasteiger partial charge is 0.492 e. The lowest BCUT2D eigenvalue weighted by Crippen LogP contribution is -2.37. The number of rotatable bonds is 5. The lowest BCUT2D eigenvalue weighted by molar-refractivity contribution is 0.170.